The molecule has 1 aliphatic rings. The molecular weight excluding hydrogens is 386 g/mol. The van der Waals surface area contributed by atoms with E-state index < -0.39 is 40.8 Å². The van der Waals surface area contributed by atoms with Crippen molar-refractivity contribution in [2.75, 3.05) is 6.61 Å². The molecule has 0 bridgehead atoms. The van der Waals surface area contributed by atoms with Crippen LogP contribution in [0.4, 0.5) is 5.69 Å². The van der Waals surface area contributed by atoms with Crippen LogP contribution in [0.25, 0.3) is 0 Å². The van der Waals surface area contributed by atoms with Crippen LogP contribution in [0.15, 0.2) is 24.3 Å². The summed E-state index contributed by atoms with van der Waals surface area (Å²) in [4.78, 5) is 57.9. The summed E-state index contributed by atoms with van der Waals surface area (Å²) < 4.78 is 4.89. The first kappa shape index (κ1) is 21.8. The van der Waals surface area contributed by atoms with Crippen LogP contribution in [-0.4, -0.2) is 52.5 Å². The number of nitrogens with zero attached hydrogens (tertiary/aromatic N) is 1. The number of amides is 2. The van der Waals surface area contributed by atoms with Gasteiger partial charge in [0.1, 0.15) is 12.1 Å². The van der Waals surface area contributed by atoms with Gasteiger partial charge in [0.15, 0.2) is 0 Å². The number of non-ortho nitro benzene ring substituents is 1. The molecule has 3 atom stereocenters. The van der Waals surface area contributed by atoms with Crippen LogP contribution >= 0.6 is 0 Å². The van der Waals surface area contributed by atoms with Crippen molar-refractivity contribution in [2.24, 2.45) is 0 Å². The zero-order valence-electron chi connectivity index (χ0n) is 15.6. The zero-order chi connectivity index (χ0) is 21.6. The third kappa shape index (κ3) is 5.74. The second kappa shape index (κ2) is 9.62. The fraction of sp³-hybridized carbons (Fsp3) is 0.444. The van der Waals surface area contributed by atoms with Crippen LogP contribution in [0, 0.1) is 10.1 Å². The number of nitro groups is 1. The molecule has 11 nitrogen and oxygen atoms in total. The molecular formula is C18H21N3O8. The van der Waals surface area contributed by atoms with Gasteiger partial charge in [0, 0.05) is 24.5 Å². The maximum Gasteiger partial charge on any atom is 0.326 e. The fourth-order valence-electron chi connectivity index (χ4n) is 3.07. The number of benzene rings is 1. The maximum absolute atomic E-state index is 12.4. The number of carbonyl (C=O) groups is 4. The number of hydrogen-bond acceptors (Lipinski definition) is 7. The lowest BCUT2D eigenvalue weighted by molar-refractivity contribution is -0.384. The first-order valence-electron chi connectivity index (χ1n) is 8.95. The van der Waals surface area contributed by atoms with Gasteiger partial charge in [-0.1, -0.05) is 12.1 Å². The smallest absolute Gasteiger partial charge is 0.326 e. The topological polar surface area (TPSA) is 165 Å². The van der Waals surface area contributed by atoms with E-state index >= 15 is 0 Å². The van der Waals surface area contributed by atoms with Gasteiger partial charge in [-0.15, -0.1) is 0 Å². The first-order valence-corrected chi connectivity index (χ1v) is 8.95. The molecule has 1 aliphatic heterocycles. The Morgan fingerprint density at radius 1 is 1.34 bits per heavy atom. The average Bonchev–Trinajstić information content (AvgIpc) is 3.11. The standard InChI is InChI=1S/C18H21N3O8/c1-2-29-15(23)9-12(10-3-5-11(6-4-10)21(27)28)16(18(25)26)20-17(24)13-7-8-14(22)19-13/h3-6,12-13,16H,2,7-9H2,1H3,(H,19,22)(H,20,24)(H,25,26)/t12-,13+,16+/m0/s1. The summed E-state index contributed by atoms with van der Waals surface area (Å²) in [6.07, 6.45) is 0.0292. The van der Waals surface area contributed by atoms with Crippen molar-refractivity contribution in [1.82, 2.24) is 10.6 Å². The van der Waals surface area contributed by atoms with Gasteiger partial charge in [0.2, 0.25) is 11.8 Å². The lowest BCUT2D eigenvalue weighted by Crippen LogP contribution is -2.51. The molecule has 0 aliphatic carbocycles. The molecule has 3 N–H and O–H groups in total. The number of carboxylic acids is 1. The zero-order valence-corrected chi connectivity index (χ0v) is 15.6. The van der Waals surface area contributed by atoms with Crippen LogP contribution < -0.4 is 10.6 Å². The first-order chi connectivity index (χ1) is 13.7. The number of aliphatic carboxylic acids is 1. The number of esters is 1. The summed E-state index contributed by atoms with van der Waals surface area (Å²) in [6, 6.07) is 2.68. The van der Waals surface area contributed by atoms with Crippen LogP contribution in [0.2, 0.25) is 0 Å². The van der Waals surface area contributed by atoms with E-state index in [0.29, 0.717) is 5.56 Å². The minimum Gasteiger partial charge on any atom is -0.480 e. The molecule has 29 heavy (non-hydrogen) atoms. The Labute approximate surface area is 165 Å². The maximum atomic E-state index is 12.4. The summed E-state index contributed by atoms with van der Waals surface area (Å²) in [6.45, 7) is 1.68. The van der Waals surface area contributed by atoms with E-state index in [9.17, 15) is 34.4 Å². The summed E-state index contributed by atoms with van der Waals surface area (Å²) in [5.74, 6) is -4.09. The quantitative estimate of drug-likeness (QED) is 0.302. The van der Waals surface area contributed by atoms with Crippen molar-refractivity contribution in [2.45, 2.75) is 44.2 Å². The SMILES string of the molecule is CCOC(=O)C[C@@H](c1ccc([N+](=O)[O-])cc1)[C@@H](NC(=O)[C@H]1CCC(=O)N1)C(=O)O. The predicted molar refractivity (Wildman–Crippen MR) is 97.8 cm³/mol. The predicted octanol–water partition coefficient (Wildman–Crippen LogP) is 0.480. The summed E-state index contributed by atoms with van der Waals surface area (Å²) in [5.41, 5.74) is 0.111. The second-order valence-electron chi connectivity index (χ2n) is 6.45. The van der Waals surface area contributed by atoms with Crippen molar-refractivity contribution in [3.63, 3.8) is 0 Å². The molecule has 0 spiro atoms. The van der Waals surface area contributed by atoms with E-state index in [1.54, 1.807) is 6.92 Å². The van der Waals surface area contributed by atoms with Gasteiger partial charge >= 0.3 is 11.9 Å². The number of nitrogens with one attached hydrogen (secondary N) is 2. The van der Waals surface area contributed by atoms with E-state index in [1.807, 2.05) is 0 Å². The van der Waals surface area contributed by atoms with Gasteiger partial charge in [-0.3, -0.25) is 24.5 Å². The molecule has 2 rings (SSSR count). The van der Waals surface area contributed by atoms with E-state index in [4.69, 9.17) is 4.74 Å². The van der Waals surface area contributed by atoms with E-state index in [-0.39, 0.29) is 37.5 Å². The molecule has 0 aromatic heterocycles. The second-order valence-corrected chi connectivity index (χ2v) is 6.45. The third-order valence-electron chi connectivity index (χ3n) is 4.50. The Kier molecular flexibility index (Phi) is 7.23. The van der Waals surface area contributed by atoms with Gasteiger partial charge in [0.25, 0.3) is 5.69 Å². The highest BCUT2D eigenvalue weighted by molar-refractivity contribution is 5.93. The average molecular weight is 407 g/mol. The summed E-state index contributed by atoms with van der Waals surface area (Å²) in [7, 11) is 0. The molecule has 0 radical (unpaired) electrons. The Hall–Kier alpha value is -3.50. The van der Waals surface area contributed by atoms with Gasteiger partial charge in [-0.2, -0.15) is 0 Å². The summed E-state index contributed by atoms with van der Waals surface area (Å²) in [5, 5.41) is 25.3. The lowest BCUT2D eigenvalue weighted by Gasteiger charge is -2.26. The molecule has 1 aromatic carbocycles. The summed E-state index contributed by atoms with van der Waals surface area (Å²) >= 11 is 0. The minimum atomic E-state index is -1.51. The molecule has 0 saturated carbocycles. The number of ether oxygens (including phenoxy) is 1. The van der Waals surface area contributed by atoms with Crippen LogP contribution in [0.3, 0.4) is 0 Å². The normalized spacial score (nSPS) is 17.7. The number of rotatable bonds is 9. The van der Waals surface area contributed by atoms with Crippen molar-refractivity contribution in [1.29, 1.82) is 0 Å². The van der Waals surface area contributed by atoms with Gasteiger partial charge in [-0.25, -0.2) is 4.79 Å². The highest BCUT2D eigenvalue weighted by Gasteiger charge is 2.36. The molecule has 156 valence electrons. The Bertz CT molecular complexity index is 808. The van der Waals surface area contributed by atoms with E-state index in [0.717, 1.165) is 0 Å². The molecule has 1 heterocycles. The molecule has 1 aromatic rings. The highest BCUT2D eigenvalue weighted by Crippen LogP contribution is 2.27. The van der Waals surface area contributed by atoms with Crippen molar-refractivity contribution < 1.29 is 33.9 Å². The van der Waals surface area contributed by atoms with Crippen LogP contribution in [0.5, 0.6) is 0 Å². The van der Waals surface area contributed by atoms with Crippen molar-refractivity contribution in [3.05, 3.63) is 39.9 Å². The number of nitro benzene ring substituents is 1. The number of carboxylic acid groups (broad SMARTS) is 1. The molecule has 11 heteroatoms. The van der Waals surface area contributed by atoms with E-state index in [1.165, 1.54) is 24.3 Å². The highest BCUT2D eigenvalue weighted by atomic mass is 16.6. The third-order valence-corrected chi connectivity index (χ3v) is 4.50. The number of hydrogen-bond donors (Lipinski definition) is 3. The van der Waals surface area contributed by atoms with Crippen molar-refractivity contribution >= 4 is 29.4 Å². The fourth-order valence-corrected chi connectivity index (χ4v) is 3.07. The van der Waals surface area contributed by atoms with E-state index in [2.05, 4.69) is 10.6 Å². The minimum absolute atomic E-state index is 0.0873. The Balaban J connectivity index is 2.30. The molecule has 2 amide bonds. The Morgan fingerprint density at radius 3 is 2.48 bits per heavy atom. The largest absolute Gasteiger partial charge is 0.480 e. The van der Waals surface area contributed by atoms with Crippen LogP contribution in [0.1, 0.15) is 37.7 Å². The van der Waals surface area contributed by atoms with Gasteiger partial charge in [-0.05, 0) is 18.9 Å². The molecule has 1 fully saturated rings. The van der Waals surface area contributed by atoms with Crippen molar-refractivity contribution in [3.8, 4) is 0 Å². The van der Waals surface area contributed by atoms with Gasteiger partial charge in [0.05, 0.1) is 18.0 Å². The van der Waals surface area contributed by atoms with Crippen LogP contribution in [-0.2, 0) is 23.9 Å². The Morgan fingerprint density at radius 2 is 2.00 bits per heavy atom. The lowest BCUT2D eigenvalue weighted by atomic mass is 9.88. The van der Waals surface area contributed by atoms with Gasteiger partial charge < -0.3 is 20.5 Å². The molecule has 0 unspecified atom stereocenters. The number of carbonyl (C=O) groups excluding carboxylic acids is 3. The molecule has 1 saturated heterocycles. The monoisotopic (exact) mass is 407 g/mol.